The van der Waals surface area contributed by atoms with E-state index < -0.39 is 0 Å². The second-order valence-electron chi connectivity index (χ2n) is 5.98. The summed E-state index contributed by atoms with van der Waals surface area (Å²) in [5, 5.41) is 12.1. The number of anilines is 1. The van der Waals surface area contributed by atoms with Crippen molar-refractivity contribution in [1.29, 1.82) is 0 Å². The van der Waals surface area contributed by atoms with E-state index in [1.54, 1.807) is 26.4 Å². The Labute approximate surface area is 121 Å². The third-order valence-electron chi connectivity index (χ3n) is 3.18. The van der Waals surface area contributed by atoms with Crippen LogP contribution in [0.3, 0.4) is 0 Å². The number of rotatable bonds is 7. The van der Waals surface area contributed by atoms with Crippen molar-refractivity contribution in [2.24, 2.45) is 5.41 Å². The van der Waals surface area contributed by atoms with Crippen molar-refractivity contribution < 1.29 is 9.90 Å². The van der Waals surface area contributed by atoms with Gasteiger partial charge in [-0.2, -0.15) is 0 Å². The molecule has 0 spiro atoms. The van der Waals surface area contributed by atoms with E-state index in [9.17, 15) is 4.79 Å². The summed E-state index contributed by atoms with van der Waals surface area (Å²) in [5.41, 5.74) is 0.683. The van der Waals surface area contributed by atoms with Crippen molar-refractivity contribution in [3.8, 4) is 0 Å². The van der Waals surface area contributed by atoms with Crippen LogP contribution in [-0.4, -0.2) is 48.1 Å². The highest BCUT2D eigenvalue weighted by Gasteiger charge is 2.17. The van der Waals surface area contributed by atoms with Crippen molar-refractivity contribution in [1.82, 2.24) is 9.88 Å². The number of pyridine rings is 1. The minimum absolute atomic E-state index is 0.0488. The molecule has 112 valence electrons. The fourth-order valence-corrected chi connectivity index (χ4v) is 1.86. The summed E-state index contributed by atoms with van der Waals surface area (Å²) < 4.78 is 0. The number of amides is 1. The van der Waals surface area contributed by atoms with Gasteiger partial charge in [0.2, 0.25) is 0 Å². The molecule has 0 aromatic carbocycles. The maximum Gasteiger partial charge on any atom is 0.254 e. The third kappa shape index (κ3) is 5.17. The zero-order valence-electron chi connectivity index (χ0n) is 12.8. The Balaban J connectivity index is 2.56. The number of aromatic nitrogens is 1. The number of carbonyl (C=O) groups excluding carboxylic acids is 1. The monoisotopic (exact) mass is 279 g/mol. The largest absolute Gasteiger partial charge is 0.396 e. The molecule has 5 heteroatoms. The SMILES string of the molecule is CN(C)C(=O)c1ccc(NCC(C)(C)CCCO)nc1. The molecule has 1 amide bonds. The molecule has 1 aromatic heterocycles. The van der Waals surface area contributed by atoms with E-state index in [0.29, 0.717) is 5.56 Å². The molecular weight excluding hydrogens is 254 g/mol. The van der Waals surface area contributed by atoms with Gasteiger partial charge >= 0.3 is 0 Å². The molecule has 0 aliphatic rings. The van der Waals surface area contributed by atoms with Crippen LogP contribution < -0.4 is 5.32 Å². The lowest BCUT2D eigenvalue weighted by molar-refractivity contribution is 0.0827. The van der Waals surface area contributed by atoms with Gasteiger partial charge < -0.3 is 15.3 Å². The Hall–Kier alpha value is -1.62. The Bertz CT molecular complexity index is 427. The molecule has 1 rings (SSSR count). The minimum Gasteiger partial charge on any atom is -0.396 e. The number of aliphatic hydroxyl groups excluding tert-OH is 1. The summed E-state index contributed by atoms with van der Waals surface area (Å²) in [7, 11) is 3.44. The first-order chi connectivity index (χ1) is 9.35. The van der Waals surface area contributed by atoms with E-state index >= 15 is 0 Å². The van der Waals surface area contributed by atoms with E-state index in [4.69, 9.17) is 5.11 Å². The van der Waals surface area contributed by atoms with Gasteiger partial charge in [-0.3, -0.25) is 4.79 Å². The van der Waals surface area contributed by atoms with Gasteiger partial charge in [0, 0.05) is 33.4 Å². The zero-order valence-corrected chi connectivity index (χ0v) is 12.8. The Morgan fingerprint density at radius 2 is 2.10 bits per heavy atom. The van der Waals surface area contributed by atoms with Crippen molar-refractivity contribution in [2.75, 3.05) is 32.6 Å². The van der Waals surface area contributed by atoms with E-state index in [-0.39, 0.29) is 17.9 Å². The van der Waals surface area contributed by atoms with Crippen molar-refractivity contribution >= 4 is 11.7 Å². The average Bonchev–Trinajstić information content (AvgIpc) is 2.43. The summed E-state index contributed by atoms with van der Waals surface area (Å²) in [5.74, 6) is 0.713. The molecule has 0 radical (unpaired) electrons. The smallest absolute Gasteiger partial charge is 0.254 e. The lowest BCUT2D eigenvalue weighted by Crippen LogP contribution is -2.24. The first-order valence-electron chi connectivity index (χ1n) is 6.88. The molecule has 1 heterocycles. The summed E-state index contributed by atoms with van der Waals surface area (Å²) >= 11 is 0. The van der Waals surface area contributed by atoms with Gasteiger partial charge in [0.15, 0.2) is 0 Å². The van der Waals surface area contributed by atoms with Gasteiger partial charge in [0.1, 0.15) is 5.82 Å². The summed E-state index contributed by atoms with van der Waals surface area (Å²) in [6, 6.07) is 3.59. The van der Waals surface area contributed by atoms with Gasteiger partial charge in [0.25, 0.3) is 5.91 Å². The molecule has 0 aliphatic heterocycles. The van der Waals surface area contributed by atoms with Gasteiger partial charge in [-0.25, -0.2) is 4.98 Å². The minimum atomic E-state index is -0.0488. The van der Waals surface area contributed by atoms with Crippen molar-refractivity contribution in [3.05, 3.63) is 23.9 Å². The number of nitrogens with zero attached hydrogens (tertiary/aromatic N) is 2. The maximum absolute atomic E-state index is 11.7. The molecule has 0 saturated carbocycles. The number of hydrogen-bond donors (Lipinski definition) is 2. The first-order valence-corrected chi connectivity index (χ1v) is 6.88. The average molecular weight is 279 g/mol. The predicted octanol–water partition coefficient (Wildman–Crippen LogP) is 1.99. The molecule has 0 saturated heterocycles. The molecule has 5 nitrogen and oxygen atoms in total. The van der Waals surface area contributed by atoms with Crippen LogP contribution in [0.5, 0.6) is 0 Å². The highest BCUT2D eigenvalue weighted by molar-refractivity contribution is 5.93. The van der Waals surface area contributed by atoms with E-state index in [2.05, 4.69) is 24.1 Å². The first kappa shape index (κ1) is 16.4. The molecule has 20 heavy (non-hydrogen) atoms. The fraction of sp³-hybridized carbons (Fsp3) is 0.600. The highest BCUT2D eigenvalue weighted by Crippen LogP contribution is 2.22. The van der Waals surface area contributed by atoms with Gasteiger partial charge in [-0.15, -0.1) is 0 Å². The Morgan fingerprint density at radius 1 is 1.40 bits per heavy atom. The van der Waals surface area contributed by atoms with Crippen molar-refractivity contribution in [2.45, 2.75) is 26.7 Å². The van der Waals surface area contributed by atoms with Gasteiger partial charge in [0.05, 0.1) is 5.56 Å². The number of nitrogens with one attached hydrogen (secondary N) is 1. The van der Waals surface area contributed by atoms with E-state index in [0.717, 1.165) is 25.2 Å². The maximum atomic E-state index is 11.7. The zero-order chi connectivity index (χ0) is 15.2. The predicted molar refractivity (Wildman–Crippen MR) is 80.8 cm³/mol. The van der Waals surface area contributed by atoms with Gasteiger partial charge in [-0.05, 0) is 30.4 Å². The summed E-state index contributed by atoms with van der Waals surface area (Å²) in [4.78, 5) is 17.5. The molecule has 0 aliphatic carbocycles. The molecule has 0 bridgehead atoms. The topological polar surface area (TPSA) is 65.5 Å². The van der Waals surface area contributed by atoms with E-state index in [1.807, 2.05) is 6.07 Å². The van der Waals surface area contributed by atoms with E-state index in [1.165, 1.54) is 4.90 Å². The van der Waals surface area contributed by atoms with Crippen LogP contribution in [0.4, 0.5) is 5.82 Å². The molecule has 2 N–H and O–H groups in total. The number of carbonyl (C=O) groups is 1. The van der Waals surface area contributed by atoms with Crippen LogP contribution in [-0.2, 0) is 0 Å². The highest BCUT2D eigenvalue weighted by atomic mass is 16.2. The molecular formula is C15H25N3O2. The standard InChI is InChI=1S/C15H25N3O2/c1-15(2,8-5-9-19)11-17-13-7-6-12(10-16-13)14(20)18(3)4/h6-7,10,19H,5,8-9,11H2,1-4H3,(H,16,17). The normalized spacial score (nSPS) is 11.2. The third-order valence-corrected chi connectivity index (χ3v) is 3.18. The molecule has 0 atom stereocenters. The second-order valence-corrected chi connectivity index (χ2v) is 5.98. The quantitative estimate of drug-likeness (QED) is 0.801. The Kier molecular flexibility index (Phi) is 5.95. The second kappa shape index (κ2) is 7.24. The molecule has 0 fully saturated rings. The molecule has 1 aromatic rings. The van der Waals surface area contributed by atoms with Crippen LogP contribution in [0.15, 0.2) is 18.3 Å². The lowest BCUT2D eigenvalue weighted by atomic mass is 9.88. The number of aliphatic hydroxyl groups is 1. The van der Waals surface area contributed by atoms with Crippen LogP contribution >= 0.6 is 0 Å². The fourth-order valence-electron chi connectivity index (χ4n) is 1.86. The molecule has 0 unspecified atom stereocenters. The number of hydrogen-bond acceptors (Lipinski definition) is 4. The summed E-state index contributed by atoms with van der Waals surface area (Å²) in [6.45, 7) is 5.31. The summed E-state index contributed by atoms with van der Waals surface area (Å²) in [6.07, 6.45) is 3.34. The van der Waals surface area contributed by atoms with Crippen molar-refractivity contribution in [3.63, 3.8) is 0 Å². The van der Waals surface area contributed by atoms with Crippen LogP contribution in [0, 0.1) is 5.41 Å². The van der Waals surface area contributed by atoms with Gasteiger partial charge in [-0.1, -0.05) is 13.8 Å². The Morgan fingerprint density at radius 3 is 2.60 bits per heavy atom. The van der Waals surface area contributed by atoms with Crippen LogP contribution in [0.1, 0.15) is 37.0 Å². The lowest BCUT2D eigenvalue weighted by Gasteiger charge is -2.24. The van der Waals surface area contributed by atoms with Crippen LogP contribution in [0.2, 0.25) is 0 Å². The van der Waals surface area contributed by atoms with Crippen LogP contribution in [0.25, 0.3) is 0 Å².